The standard InChI is InChI=1S/C23H34O4.C22H32O5/c1-3-4-13-16-21(24)17-14-11-9-7-5-6-8-10-12-15-18-22(25)19-20-23(26)27-2;1-2-3-11-14-19(23)15-12-9-7-5-4-6-8-10-13-16-20(24)21(25)17-18-22(26)27/h4-6,9-15,17-18,21-22,24-25H,3,7-8,16,19-20H2,1-2H3;3-4,6-13,15-16,19-21,23-25H,2,5,14,17-18H2,1H3,(H,26,27)/b6-5-,11-9-,12-10-,13-4-,17-14+,18-15+;6-4-,9-7-,10-8+,11-3-,15-12+,16-13+/t21-,22+;19-,20+,21-/m00/s1. The number of aliphatic hydroxyl groups is 5. The van der Waals surface area contributed by atoms with Gasteiger partial charge in [-0.2, -0.15) is 0 Å². The first-order chi connectivity index (χ1) is 26.1. The molecule has 0 aromatic heterocycles. The minimum absolute atomic E-state index is 0.0116. The van der Waals surface area contributed by atoms with E-state index in [4.69, 9.17) is 5.11 Å². The Balaban J connectivity index is 0. The molecule has 5 atom stereocenters. The Kier molecular flexibility index (Phi) is 38.1. The summed E-state index contributed by atoms with van der Waals surface area (Å²) in [5.41, 5.74) is 0. The van der Waals surface area contributed by atoms with E-state index in [-0.39, 0.29) is 25.2 Å². The van der Waals surface area contributed by atoms with Gasteiger partial charge in [0.25, 0.3) is 0 Å². The van der Waals surface area contributed by atoms with Gasteiger partial charge in [-0.15, -0.1) is 0 Å². The first-order valence-corrected chi connectivity index (χ1v) is 18.7. The van der Waals surface area contributed by atoms with Gasteiger partial charge in [-0.1, -0.05) is 160 Å². The number of aliphatic hydroxyl groups excluding tert-OH is 5. The second-order valence-electron chi connectivity index (χ2n) is 11.9. The van der Waals surface area contributed by atoms with Crippen molar-refractivity contribution in [2.75, 3.05) is 7.11 Å². The van der Waals surface area contributed by atoms with Crippen molar-refractivity contribution in [1.82, 2.24) is 0 Å². The van der Waals surface area contributed by atoms with Crippen molar-refractivity contribution in [1.29, 1.82) is 0 Å². The van der Waals surface area contributed by atoms with Crippen molar-refractivity contribution < 1.29 is 45.0 Å². The summed E-state index contributed by atoms with van der Waals surface area (Å²) in [5.74, 6) is -1.31. The molecule has 0 aliphatic heterocycles. The molecule has 9 nitrogen and oxygen atoms in total. The van der Waals surface area contributed by atoms with Gasteiger partial charge >= 0.3 is 11.9 Å². The van der Waals surface area contributed by atoms with Gasteiger partial charge in [0.15, 0.2) is 0 Å². The fraction of sp³-hybridized carbons (Fsp3) is 0.422. The number of carboxylic acid groups (broad SMARTS) is 1. The highest BCUT2D eigenvalue weighted by atomic mass is 16.5. The van der Waals surface area contributed by atoms with Gasteiger partial charge in [0.05, 0.1) is 37.6 Å². The maximum Gasteiger partial charge on any atom is 0.305 e. The topological polar surface area (TPSA) is 165 Å². The highest BCUT2D eigenvalue weighted by Crippen LogP contribution is 2.05. The molecule has 0 fully saturated rings. The number of ether oxygens (including phenoxy) is 1. The van der Waals surface area contributed by atoms with Gasteiger partial charge in [0, 0.05) is 12.8 Å². The summed E-state index contributed by atoms with van der Waals surface area (Å²) in [7, 11) is 1.34. The Morgan fingerprint density at radius 1 is 0.500 bits per heavy atom. The lowest BCUT2D eigenvalue weighted by atomic mass is 10.1. The molecule has 0 spiro atoms. The summed E-state index contributed by atoms with van der Waals surface area (Å²) in [6.45, 7) is 4.13. The van der Waals surface area contributed by atoms with Crippen molar-refractivity contribution >= 4 is 11.9 Å². The van der Waals surface area contributed by atoms with Crippen molar-refractivity contribution in [3.63, 3.8) is 0 Å². The zero-order valence-corrected chi connectivity index (χ0v) is 32.4. The van der Waals surface area contributed by atoms with E-state index in [2.05, 4.69) is 36.8 Å². The molecule has 0 unspecified atom stereocenters. The molecule has 0 aromatic rings. The lowest BCUT2D eigenvalue weighted by Crippen LogP contribution is -2.24. The van der Waals surface area contributed by atoms with Crippen molar-refractivity contribution in [3.05, 3.63) is 146 Å². The number of carboxylic acids is 1. The molecular weight excluding hydrogens is 684 g/mol. The van der Waals surface area contributed by atoms with Gasteiger partial charge in [0.1, 0.15) is 0 Å². The molecule has 300 valence electrons. The van der Waals surface area contributed by atoms with Crippen LogP contribution in [0.2, 0.25) is 0 Å². The summed E-state index contributed by atoms with van der Waals surface area (Å²) >= 11 is 0. The highest BCUT2D eigenvalue weighted by molar-refractivity contribution is 5.69. The van der Waals surface area contributed by atoms with E-state index in [1.807, 2.05) is 79.0 Å². The predicted octanol–water partition coefficient (Wildman–Crippen LogP) is 8.04. The summed E-state index contributed by atoms with van der Waals surface area (Å²) in [6.07, 6.45) is 47.3. The summed E-state index contributed by atoms with van der Waals surface area (Å²) < 4.78 is 4.52. The van der Waals surface area contributed by atoms with E-state index >= 15 is 0 Å². The lowest BCUT2D eigenvalue weighted by molar-refractivity contribution is -0.141. The molecule has 0 radical (unpaired) electrons. The number of hydrogen-bond donors (Lipinski definition) is 6. The maximum absolute atomic E-state index is 11.0. The van der Waals surface area contributed by atoms with E-state index in [9.17, 15) is 35.1 Å². The largest absolute Gasteiger partial charge is 0.481 e. The van der Waals surface area contributed by atoms with Crippen molar-refractivity contribution in [2.45, 2.75) is 115 Å². The zero-order chi connectivity index (χ0) is 40.5. The number of rotatable bonds is 28. The van der Waals surface area contributed by atoms with Gasteiger partial charge in [-0.05, 0) is 57.8 Å². The molecule has 54 heavy (non-hydrogen) atoms. The van der Waals surface area contributed by atoms with E-state index in [1.165, 1.54) is 13.2 Å². The SMILES string of the molecule is CC/C=C\C[C@H](O)/C=C/C=C\C/C=C\C/C=C\C=C\[C@@H](O)CCC(=O)OC.CC/C=C\C[C@H](O)/C=C/C=C\C\C=C/C=C/C=C/[C@@H](O)[C@@H](O)CCC(=O)O. The fourth-order valence-corrected chi connectivity index (χ4v) is 3.94. The molecular formula is C45H66O9. The first-order valence-electron chi connectivity index (χ1n) is 18.7. The van der Waals surface area contributed by atoms with Crippen LogP contribution in [0.25, 0.3) is 0 Å². The van der Waals surface area contributed by atoms with E-state index in [0.717, 1.165) is 32.1 Å². The van der Waals surface area contributed by atoms with Crippen LogP contribution < -0.4 is 0 Å². The zero-order valence-electron chi connectivity index (χ0n) is 32.4. The summed E-state index contributed by atoms with van der Waals surface area (Å²) in [4.78, 5) is 21.3. The molecule has 0 amide bonds. The van der Waals surface area contributed by atoms with Crippen molar-refractivity contribution in [3.8, 4) is 0 Å². The van der Waals surface area contributed by atoms with Crippen LogP contribution in [-0.2, 0) is 14.3 Å². The van der Waals surface area contributed by atoms with E-state index in [0.29, 0.717) is 19.3 Å². The predicted molar refractivity (Wildman–Crippen MR) is 222 cm³/mol. The molecule has 0 rings (SSSR count). The number of carbonyl (C=O) groups excluding carboxylic acids is 1. The molecule has 0 saturated heterocycles. The number of esters is 1. The second kappa shape index (κ2) is 39.8. The summed E-state index contributed by atoms with van der Waals surface area (Å²) in [5, 5.41) is 56.7. The van der Waals surface area contributed by atoms with Crippen LogP contribution in [0.1, 0.15) is 84.5 Å². The third-order valence-corrected chi connectivity index (χ3v) is 6.98. The quantitative estimate of drug-likeness (QED) is 0.0264. The van der Waals surface area contributed by atoms with E-state index < -0.39 is 36.5 Å². The maximum atomic E-state index is 11.0. The third-order valence-electron chi connectivity index (χ3n) is 6.98. The summed E-state index contributed by atoms with van der Waals surface area (Å²) in [6, 6.07) is 0. The number of aliphatic carboxylic acids is 1. The minimum atomic E-state index is -1.08. The normalized spacial score (nSPS) is 15.9. The Morgan fingerprint density at radius 2 is 0.926 bits per heavy atom. The van der Waals surface area contributed by atoms with Gasteiger partial charge < -0.3 is 35.4 Å². The Bertz CT molecular complexity index is 1290. The molecule has 0 bridgehead atoms. The average molecular weight is 751 g/mol. The Labute approximate surface area is 324 Å². The number of allylic oxidation sites excluding steroid dienone is 18. The Hall–Kier alpha value is -4.38. The number of methoxy groups -OCH3 is 1. The van der Waals surface area contributed by atoms with Crippen LogP contribution in [0.15, 0.2) is 146 Å². The van der Waals surface area contributed by atoms with Crippen LogP contribution in [0.5, 0.6) is 0 Å². The monoisotopic (exact) mass is 750 g/mol. The first kappa shape index (κ1) is 51.7. The molecule has 0 aliphatic carbocycles. The molecule has 0 aliphatic rings. The van der Waals surface area contributed by atoms with Gasteiger partial charge in [0.2, 0.25) is 0 Å². The molecule has 0 aromatic carbocycles. The highest BCUT2D eigenvalue weighted by Gasteiger charge is 2.14. The van der Waals surface area contributed by atoms with Crippen LogP contribution in [0.4, 0.5) is 0 Å². The number of hydrogen-bond acceptors (Lipinski definition) is 8. The molecule has 0 saturated carbocycles. The Morgan fingerprint density at radius 3 is 1.39 bits per heavy atom. The lowest BCUT2D eigenvalue weighted by Gasteiger charge is -2.12. The minimum Gasteiger partial charge on any atom is -0.481 e. The van der Waals surface area contributed by atoms with Crippen LogP contribution in [0, 0.1) is 0 Å². The average Bonchev–Trinajstić information content (AvgIpc) is 3.15. The molecule has 9 heteroatoms. The fourth-order valence-electron chi connectivity index (χ4n) is 3.94. The van der Waals surface area contributed by atoms with E-state index in [1.54, 1.807) is 42.5 Å². The smallest absolute Gasteiger partial charge is 0.305 e. The second-order valence-corrected chi connectivity index (χ2v) is 11.9. The van der Waals surface area contributed by atoms with Gasteiger partial charge in [-0.3, -0.25) is 9.59 Å². The molecule has 6 N–H and O–H groups in total. The van der Waals surface area contributed by atoms with Gasteiger partial charge in [-0.25, -0.2) is 0 Å². The third kappa shape index (κ3) is 40.4. The molecule has 0 heterocycles. The van der Waals surface area contributed by atoms with Crippen LogP contribution >= 0.6 is 0 Å². The number of carbonyl (C=O) groups is 2. The van der Waals surface area contributed by atoms with Crippen LogP contribution in [0.3, 0.4) is 0 Å². The van der Waals surface area contributed by atoms with Crippen LogP contribution in [-0.4, -0.2) is 80.2 Å². The van der Waals surface area contributed by atoms with Crippen molar-refractivity contribution in [2.24, 2.45) is 0 Å².